The number of benzene rings is 1. The molecule has 1 fully saturated rings. The van der Waals surface area contributed by atoms with Gasteiger partial charge in [0.2, 0.25) is 0 Å². The van der Waals surface area contributed by atoms with Crippen molar-refractivity contribution in [1.29, 1.82) is 0 Å². The second-order valence-corrected chi connectivity index (χ2v) is 8.06. The van der Waals surface area contributed by atoms with Crippen molar-refractivity contribution in [3.63, 3.8) is 0 Å². The van der Waals surface area contributed by atoms with Crippen LogP contribution in [0, 0.1) is 0 Å². The smallest absolute Gasteiger partial charge is 0.408 e. The maximum atomic E-state index is 12.6. The fourth-order valence-corrected chi connectivity index (χ4v) is 2.83. The summed E-state index contributed by atoms with van der Waals surface area (Å²) in [6.45, 7) is 4.54. The van der Waals surface area contributed by atoms with Crippen LogP contribution in [0.25, 0.3) is 0 Å². The van der Waals surface area contributed by atoms with E-state index in [4.69, 9.17) is 14.2 Å². The van der Waals surface area contributed by atoms with Gasteiger partial charge in [-0.15, -0.1) is 0 Å². The van der Waals surface area contributed by atoms with Crippen molar-refractivity contribution < 1.29 is 44.2 Å². The minimum atomic E-state index is -1.74. The van der Waals surface area contributed by atoms with Crippen LogP contribution >= 0.6 is 0 Å². The highest BCUT2D eigenvalue weighted by Crippen LogP contribution is 2.20. The van der Waals surface area contributed by atoms with Gasteiger partial charge in [0.25, 0.3) is 0 Å². The fraction of sp³-hybridized carbons (Fsp3) is 0.600. The van der Waals surface area contributed by atoms with Crippen LogP contribution in [0.15, 0.2) is 30.3 Å². The van der Waals surface area contributed by atoms with E-state index in [9.17, 15) is 30.0 Å². The number of carbonyl (C=O) groups is 2. The lowest BCUT2D eigenvalue weighted by Crippen LogP contribution is -2.59. The van der Waals surface area contributed by atoms with E-state index in [1.165, 1.54) is 0 Å². The molecule has 1 aliphatic heterocycles. The SMILES string of the molecule is CC(C)(C)OC(=O)N[C@H](Cc1ccccc1)C(=O)OC[C@H]1O[C@H](O)[C@@H](O)[C@H](O)[C@@H]1O. The van der Waals surface area contributed by atoms with Crippen molar-refractivity contribution in [3.8, 4) is 0 Å². The number of esters is 1. The molecule has 0 saturated carbocycles. The third-order valence-electron chi connectivity index (χ3n) is 4.34. The molecule has 0 unspecified atom stereocenters. The maximum absolute atomic E-state index is 12.6. The van der Waals surface area contributed by atoms with E-state index in [2.05, 4.69) is 5.32 Å². The Bertz CT molecular complexity index is 706. The Morgan fingerprint density at radius 1 is 1.07 bits per heavy atom. The van der Waals surface area contributed by atoms with Gasteiger partial charge in [0.15, 0.2) is 6.29 Å². The summed E-state index contributed by atoms with van der Waals surface area (Å²) in [5, 5.41) is 41.2. The minimum absolute atomic E-state index is 0.122. The lowest BCUT2D eigenvalue weighted by molar-refractivity contribution is -0.287. The Hall–Kier alpha value is -2.24. The van der Waals surface area contributed by atoms with Crippen molar-refractivity contribution >= 4 is 12.1 Å². The van der Waals surface area contributed by atoms with Crippen molar-refractivity contribution in [2.75, 3.05) is 6.61 Å². The number of aliphatic hydroxyl groups excluding tert-OH is 4. The Balaban J connectivity index is 2.03. The average molecular weight is 427 g/mol. The molecule has 2 rings (SSSR count). The molecular formula is C20H29NO9. The summed E-state index contributed by atoms with van der Waals surface area (Å²) in [7, 11) is 0. The lowest BCUT2D eigenvalue weighted by atomic mass is 9.99. The zero-order chi connectivity index (χ0) is 22.5. The average Bonchev–Trinajstić information content (AvgIpc) is 2.66. The van der Waals surface area contributed by atoms with E-state index in [1.807, 2.05) is 6.07 Å². The largest absolute Gasteiger partial charge is 0.461 e. The molecule has 1 aliphatic rings. The quantitative estimate of drug-likeness (QED) is 0.377. The molecule has 1 saturated heterocycles. The predicted octanol–water partition coefficient (Wildman–Crippen LogP) is -0.534. The first-order chi connectivity index (χ1) is 14.0. The van der Waals surface area contributed by atoms with E-state index in [-0.39, 0.29) is 6.42 Å². The molecule has 168 valence electrons. The van der Waals surface area contributed by atoms with Gasteiger partial charge in [-0.05, 0) is 26.3 Å². The molecule has 0 bridgehead atoms. The van der Waals surface area contributed by atoms with Gasteiger partial charge in [0.05, 0.1) is 0 Å². The molecule has 10 nitrogen and oxygen atoms in total. The molecule has 30 heavy (non-hydrogen) atoms. The molecule has 1 aromatic rings. The van der Waals surface area contributed by atoms with Crippen molar-refractivity contribution in [3.05, 3.63) is 35.9 Å². The van der Waals surface area contributed by atoms with E-state index in [0.717, 1.165) is 5.56 Å². The molecule has 10 heteroatoms. The zero-order valence-electron chi connectivity index (χ0n) is 17.1. The Labute approximate surface area is 174 Å². The number of ether oxygens (including phenoxy) is 3. The van der Waals surface area contributed by atoms with Gasteiger partial charge >= 0.3 is 12.1 Å². The van der Waals surface area contributed by atoms with Crippen LogP contribution in [0.5, 0.6) is 0 Å². The Kier molecular flexibility index (Phi) is 8.16. The highest BCUT2D eigenvalue weighted by molar-refractivity contribution is 5.81. The first-order valence-electron chi connectivity index (χ1n) is 9.55. The maximum Gasteiger partial charge on any atom is 0.408 e. The molecule has 0 radical (unpaired) electrons. The fourth-order valence-electron chi connectivity index (χ4n) is 2.83. The van der Waals surface area contributed by atoms with Crippen LogP contribution in [-0.2, 0) is 25.4 Å². The number of hydrogen-bond acceptors (Lipinski definition) is 9. The Morgan fingerprint density at radius 2 is 1.70 bits per heavy atom. The summed E-state index contributed by atoms with van der Waals surface area (Å²) in [4.78, 5) is 24.8. The minimum Gasteiger partial charge on any atom is -0.461 e. The number of aliphatic hydroxyl groups is 4. The van der Waals surface area contributed by atoms with Crippen LogP contribution in [-0.4, -0.2) is 81.4 Å². The molecule has 1 aromatic carbocycles. The van der Waals surface area contributed by atoms with Gasteiger partial charge in [0.1, 0.15) is 42.7 Å². The zero-order valence-corrected chi connectivity index (χ0v) is 17.1. The molecule has 0 aliphatic carbocycles. The summed E-state index contributed by atoms with van der Waals surface area (Å²) >= 11 is 0. The standard InChI is InChI=1S/C20H29NO9/c1-20(2,3)30-19(27)21-12(9-11-7-5-4-6-8-11)17(25)28-10-13-14(22)15(23)16(24)18(26)29-13/h4-8,12-16,18,22-24,26H,9-10H2,1-3H3,(H,21,27)/t12-,13-,14-,15-,16+,18+/m1/s1. The topological polar surface area (TPSA) is 155 Å². The van der Waals surface area contributed by atoms with Crippen molar-refractivity contribution in [2.24, 2.45) is 0 Å². The number of alkyl carbamates (subject to hydrolysis) is 1. The first kappa shape index (κ1) is 24.0. The third-order valence-corrected chi connectivity index (χ3v) is 4.34. The summed E-state index contributed by atoms with van der Waals surface area (Å²) in [6.07, 6.45) is -8.62. The van der Waals surface area contributed by atoms with Gasteiger partial charge in [-0.3, -0.25) is 0 Å². The summed E-state index contributed by atoms with van der Waals surface area (Å²) in [6, 6.07) is 7.84. The van der Waals surface area contributed by atoms with Gasteiger partial charge < -0.3 is 40.0 Å². The number of hydrogen-bond donors (Lipinski definition) is 5. The van der Waals surface area contributed by atoms with Crippen LogP contribution in [0.4, 0.5) is 4.79 Å². The molecular weight excluding hydrogens is 398 g/mol. The Morgan fingerprint density at radius 3 is 2.30 bits per heavy atom. The monoisotopic (exact) mass is 427 g/mol. The number of carbonyl (C=O) groups excluding carboxylic acids is 2. The normalized spacial score (nSPS) is 27.8. The van der Waals surface area contributed by atoms with Crippen LogP contribution in [0.2, 0.25) is 0 Å². The summed E-state index contributed by atoms with van der Waals surface area (Å²) in [5.74, 6) is -0.824. The molecule has 5 N–H and O–H groups in total. The van der Waals surface area contributed by atoms with Crippen LogP contribution in [0.1, 0.15) is 26.3 Å². The molecule has 0 aromatic heterocycles. The van der Waals surface area contributed by atoms with Gasteiger partial charge in [-0.25, -0.2) is 9.59 Å². The highest BCUT2D eigenvalue weighted by Gasteiger charge is 2.43. The second kappa shape index (κ2) is 10.2. The van der Waals surface area contributed by atoms with E-state index in [1.54, 1.807) is 45.0 Å². The molecule has 0 spiro atoms. The second-order valence-electron chi connectivity index (χ2n) is 8.06. The van der Waals surface area contributed by atoms with Gasteiger partial charge in [-0.1, -0.05) is 30.3 Å². The lowest BCUT2D eigenvalue weighted by Gasteiger charge is -2.38. The van der Waals surface area contributed by atoms with E-state index < -0.39 is 61.0 Å². The summed E-state index contributed by atoms with van der Waals surface area (Å²) in [5.41, 5.74) is -0.00300. The summed E-state index contributed by atoms with van der Waals surface area (Å²) < 4.78 is 15.3. The van der Waals surface area contributed by atoms with Gasteiger partial charge in [0, 0.05) is 6.42 Å². The molecule has 1 amide bonds. The van der Waals surface area contributed by atoms with E-state index in [0.29, 0.717) is 0 Å². The third kappa shape index (κ3) is 6.92. The van der Waals surface area contributed by atoms with Crippen LogP contribution in [0.3, 0.4) is 0 Å². The van der Waals surface area contributed by atoms with Crippen LogP contribution < -0.4 is 5.32 Å². The number of amides is 1. The van der Waals surface area contributed by atoms with Crippen molar-refractivity contribution in [2.45, 2.75) is 69.5 Å². The number of rotatable bonds is 6. The molecule has 1 heterocycles. The van der Waals surface area contributed by atoms with E-state index >= 15 is 0 Å². The first-order valence-corrected chi connectivity index (χ1v) is 9.55. The predicted molar refractivity (Wildman–Crippen MR) is 103 cm³/mol. The molecule has 6 atom stereocenters. The van der Waals surface area contributed by atoms with Gasteiger partial charge in [-0.2, -0.15) is 0 Å². The number of nitrogens with one attached hydrogen (secondary N) is 1. The highest BCUT2D eigenvalue weighted by atomic mass is 16.7. The van der Waals surface area contributed by atoms with Crippen molar-refractivity contribution in [1.82, 2.24) is 5.32 Å².